The van der Waals surface area contributed by atoms with Crippen molar-refractivity contribution < 1.29 is 9.53 Å². The van der Waals surface area contributed by atoms with E-state index >= 15 is 0 Å². The molecule has 0 saturated heterocycles. The van der Waals surface area contributed by atoms with Crippen molar-refractivity contribution in [3.63, 3.8) is 0 Å². The first-order valence-electron chi connectivity index (χ1n) is 9.62. The maximum atomic E-state index is 13.4. The van der Waals surface area contributed by atoms with Gasteiger partial charge in [-0.15, -0.1) is 0 Å². The molecule has 0 saturated carbocycles. The first-order chi connectivity index (χ1) is 15.1. The van der Waals surface area contributed by atoms with Gasteiger partial charge < -0.3 is 9.64 Å². The van der Waals surface area contributed by atoms with E-state index in [9.17, 15) is 4.79 Å². The lowest BCUT2D eigenvalue weighted by molar-refractivity contribution is 0.0731. The number of ether oxygens (including phenoxy) is 1. The van der Waals surface area contributed by atoms with Crippen LogP contribution in [0.2, 0.25) is 0 Å². The number of nitrogens with zero attached hydrogens (tertiary/aromatic N) is 5. The van der Waals surface area contributed by atoms with E-state index in [0.29, 0.717) is 35.1 Å². The molecule has 0 N–H and O–H groups in total. The van der Waals surface area contributed by atoms with Gasteiger partial charge in [-0.2, -0.15) is 5.10 Å². The predicted molar refractivity (Wildman–Crippen MR) is 118 cm³/mol. The van der Waals surface area contributed by atoms with E-state index in [1.807, 2.05) is 36.4 Å². The highest BCUT2D eigenvalue weighted by atomic mass is 35.5. The van der Waals surface area contributed by atoms with Crippen molar-refractivity contribution in [3.05, 3.63) is 102 Å². The molecule has 1 amide bonds. The molecule has 0 spiro atoms. The summed E-state index contributed by atoms with van der Waals surface area (Å²) < 4.78 is 7.13. The van der Waals surface area contributed by atoms with Gasteiger partial charge in [0.25, 0.3) is 5.91 Å². The second-order valence-corrected chi connectivity index (χ2v) is 7.45. The van der Waals surface area contributed by atoms with E-state index in [1.165, 1.54) is 0 Å². The summed E-state index contributed by atoms with van der Waals surface area (Å²) >= 11 is 5.75. The third-order valence-corrected chi connectivity index (χ3v) is 4.69. The van der Waals surface area contributed by atoms with Crippen LogP contribution in [0.4, 0.5) is 0 Å². The van der Waals surface area contributed by atoms with Crippen molar-refractivity contribution in [3.8, 4) is 5.75 Å². The molecule has 0 aliphatic rings. The first-order valence-corrected chi connectivity index (χ1v) is 9.99. The number of carbonyl (C=O) groups is 1. The quantitative estimate of drug-likeness (QED) is 0.418. The Morgan fingerprint density at radius 1 is 1.06 bits per heavy atom. The van der Waals surface area contributed by atoms with Gasteiger partial charge in [-0.25, -0.2) is 9.50 Å². The summed E-state index contributed by atoms with van der Waals surface area (Å²) in [6.07, 6.45) is 8.42. The van der Waals surface area contributed by atoms with Crippen LogP contribution < -0.4 is 4.74 Å². The number of amides is 1. The lowest BCUT2D eigenvalue weighted by Gasteiger charge is -2.22. The molecule has 0 radical (unpaired) electrons. The van der Waals surface area contributed by atoms with Crippen LogP contribution in [0.25, 0.3) is 5.65 Å². The van der Waals surface area contributed by atoms with Gasteiger partial charge in [0, 0.05) is 42.9 Å². The van der Waals surface area contributed by atoms with Crippen LogP contribution in [0.5, 0.6) is 5.75 Å². The van der Waals surface area contributed by atoms with Gasteiger partial charge >= 0.3 is 0 Å². The molecule has 31 heavy (non-hydrogen) atoms. The van der Waals surface area contributed by atoms with Crippen LogP contribution in [0, 0.1) is 0 Å². The average Bonchev–Trinajstić information content (AvgIpc) is 3.22. The highest BCUT2D eigenvalue weighted by Crippen LogP contribution is 2.19. The molecule has 0 unspecified atom stereocenters. The number of hydrogen-bond acceptors (Lipinski definition) is 5. The van der Waals surface area contributed by atoms with E-state index in [1.54, 1.807) is 46.5 Å². The van der Waals surface area contributed by atoms with Gasteiger partial charge in [-0.3, -0.25) is 9.78 Å². The van der Waals surface area contributed by atoms with E-state index in [-0.39, 0.29) is 12.5 Å². The fourth-order valence-corrected chi connectivity index (χ4v) is 3.19. The molecule has 156 valence electrons. The second kappa shape index (κ2) is 9.40. The molecular weight excluding hydrogens is 414 g/mol. The SMILES string of the molecule is C=C(Cl)COc1ccc(CN(Cc2cccnc2)C(=O)c2cnn3cccnc23)cc1. The Hall–Kier alpha value is -3.71. The van der Waals surface area contributed by atoms with Gasteiger partial charge in [0.05, 0.1) is 6.20 Å². The number of halogens is 1. The van der Waals surface area contributed by atoms with Gasteiger partial charge in [-0.05, 0) is 35.4 Å². The predicted octanol–water partition coefficient (Wildman–Crippen LogP) is 4.10. The van der Waals surface area contributed by atoms with Gasteiger partial charge in [-0.1, -0.05) is 36.4 Å². The minimum Gasteiger partial charge on any atom is -0.488 e. The summed E-state index contributed by atoms with van der Waals surface area (Å²) in [6, 6.07) is 13.1. The third kappa shape index (κ3) is 5.07. The lowest BCUT2D eigenvalue weighted by Crippen LogP contribution is -2.30. The number of carbonyl (C=O) groups excluding carboxylic acids is 1. The highest BCUT2D eigenvalue weighted by molar-refractivity contribution is 6.29. The molecule has 0 aliphatic heterocycles. The van der Waals surface area contributed by atoms with E-state index in [2.05, 4.69) is 21.6 Å². The minimum atomic E-state index is -0.156. The number of rotatable bonds is 8. The van der Waals surface area contributed by atoms with Crippen LogP contribution >= 0.6 is 11.6 Å². The first kappa shape index (κ1) is 20.6. The molecule has 3 aromatic heterocycles. The maximum absolute atomic E-state index is 13.4. The Kier molecular flexibility index (Phi) is 6.24. The van der Waals surface area contributed by atoms with Crippen molar-refractivity contribution >= 4 is 23.2 Å². The monoisotopic (exact) mass is 433 g/mol. The zero-order valence-electron chi connectivity index (χ0n) is 16.7. The van der Waals surface area contributed by atoms with Gasteiger partial charge in [0.2, 0.25) is 0 Å². The summed E-state index contributed by atoms with van der Waals surface area (Å²) in [5, 5.41) is 4.67. The normalized spacial score (nSPS) is 10.7. The Bertz CT molecular complexity index is 1190. The van der Waals surface area contributed by atoms with Crippen molar-refractivity contribution in [2.24, 2.45) is 0 Å². The molecule has 8 heteroatoms. The minimum absolute atomic E-state index is 0.156. The van der Waals surface area contributed by atoms with E-state index in [0.717, 1.165) is 11.1 Å². The summed E-state index contributed by atoms with van der Waals surface area (Å²) in [5.41, 5.74) is 2.86. The van der Waals surface area contributed by atoms with Crippen LogP contribution in [0.3, 0.4) is 0 Å². The molecule has 0 fully saturated rings. The Morgan fingerprint density at radius 2 is 1.87 bits per heavy atom. The summed E-state index contributed by atoms with van der Waals surface area (Å²) in [6.45, 7) is 4.66. The zero-order chi connectivity index (χ0) is 21.6. The summed E-state index contributed by atoms with van der Waals surface area (Å²) in [5.74, 6) is 0.527. The number of hydrogen-bond donors (Lipinski definition) is 0. The molecule has 4 rings (SSSR count). The standard InChI is InChI=1S/C23H20ClN5O2/c1-17(24)16-31-20-7-5-18(6-8-20)14-28(15-19-4-2-9-25-12-19)23(30)21-13-27-29-11-3-10-26-22(21)29/h2-13H,1,14-16H2. The topological polar surface area (TPSA) is 72.6 Å². The largest absolute Gasteiger partial charge is 0.488 e. The van der Waals surface area contributed by atoms with Gasteiger partial charge in [0.15, 0.2) is 5.65 Å². The second-order valence-electron chi connectivity index (χ2n) is 6.92. The Balaban J connectivity index is 1.58. The highest BCUT2D eigenvalue weighted by Gasteiger charge is 2.21. The summed E-state index contributed by atoms with van der Waals surface area (Å²) in [7, 11) is 0. The van der Waals surface area contributed by atoms with Crippen LogP contribution in [0.1, 0.15) is 21.5 Å². The smallest absolute Gasteiger partial charge is 0.259 e. The molecule has 0 bridgehead atoms. The molecule has 3 heterocycles. The fourth-order valence-electron chi connectivity index (χ4n) is 3.13. The van der Waals surface area contributed by atoms with Crippen LogP contribution in [-0.4, -0.2) is 37.0 Å². The van der Waals surface area contributed by atoms with Crippen LogP contribution in [0.15, 0.2) is 85.1 Å². The molecule has 4 aromatic rings. The van der Waals surface area contributed by atoms with Crippen LogP contribution in [-0.2, 0) is 13.1 Å². The lowest BCUT2D eigenvalue weighted by atomic mass is 10.1. The molecule has 1 aromatic carbocycles. The third-order valence-electron chi connectivity index (χ3n) is 4.59. The molecule has 0 aliphatic carbocycles. The van der Waals surface area contributed by atoms with Crippen molar-refractivity contribution in [1.29, 1.82) is 0 Å². The molecule has 0 atom stereocenters. The van der Waals surface area contributed by atoms with Crippen molar-refractivity contribution in [1.82, 2.24) is 24.5 Å². The number of benzene rings is 1. The van der Waals surface area contributed by atoms with E-state index < -0.39 is 0 Å². The number of aromatic nitrogens is 4. The fraction of sp³-hybridized carbons (Fsp3) is 0.130. The average molecular weight is 434 g/mol. The Morgan fingerprint density at radius 3 is 2.61 bits per heavy atom. The zero-order valence-corrected chi connectivity index (χ0v) is 17.4. The number of fused-ring (bicyclic) bond motifs is 1. The van der Waals surface area contributed by atoms with Gasteiger partial charge in [0.1, 0.15) is 17.9 Å². The molecule has 7 nitrogen and oxygen atoms in total. The number of pyridine rings is 1. The molecular formula is C23H20ClN5O2. The Labute approximate surface area is 184 Å². The maximum Gasteiger partial charge on any atom is 0.259 e. The summed E-state index contributed by atoms with van der Waals surface area (Å²) in [4.78, 5) is 23.7. The van der Waals surface area contributed by atoms with Crippen molar-refractivity contribution in [2.45, 2.75) is 13.1 Å². The van der Waals surface area contributed by atoms with E-state index in [4.69, 9.17) is 16.3 Å². The van der Waals surface area contributed by atoms with Crippen molar-refractivity contribution in [2.75, 3.05) is 6.61 Å².